The number of nitrogens with one attached hydrogen (secondary N) is 1. The molecular weight excluding hydrogens is 421 g/mol. The van der Waals surface area contributed by atoms with Gasteiger partial charge >= 0.3 is 6.03 Å². The molecule has 0 saturated carbocycles. The van der Waals surface area contributed by atoms with Crippen LogP contribution in [0.5, 0.6) is 0 Å². The van der Waals surface area contributed by atoms with Crippen LogP contribution in [0.4, 0.5) is 14.9 Å². The molecule has 0 unspecified atom stereocenters. The van der Waals surface area contributed by atoms with Gasteiger partial charge in [0.15, 0.2) is 0 Å². The Morgan fingerprint density at radius 3 is 2.24 bits per heavy atom. The highest BCUT2D eigenvalue weighted by Gasteiger charge is 2.54. The highest BCUT2D eigenvalue weighted by Crippen LogP contribution is 2.43. The highest BCUT2D eigenvalue weighted by molar-refractivity contribution is 5.93. The molecule has 2 saturated heterocycles. The molecule has 2 fully saturated rings. The second-order valence-corrected chi connectivity index (χ2v) is 8.45. The van der Waals surface area contributed by atoms with Crippen LogP contribution in [-0.4, -0.2) is 58.6 Å². The normalized spacial score (nSPS) is 21.9. The van der Waals surface area contributed by atoms with Gasteiger partial charge in [0.1, 0.15) is 12.4 Å². The van der Waals surface area contributed by atoms with Gasteiger partial charge in [-0.15, -0.1) is 0 Å². The van der Waals surface area contributed by atoms with Crippen LogP contribution < -0.4 is 5.32 Å². The van der Waals surface area contributed by atoms with Gasteiger partial charge in [-0.2, -0.15) is 0 Å². The van der Waals surface area contributed by atoms with E-state index in [-0.39, 0.29) is 48.9 Å². The number of piperazine rings is 1. The minimum absolute atomic E-state index is 0.0120. The van der Waals surface area contributed by atoms with Crippen LogP contribution in [0.15, 0.2) is 78.9 Å². The van der Waals surface area contributed by atoms with E-state index in [9.17, 15) is 19.1 Å². The Bertz CT molecular complexity index is 1150. The minimum Gasteiger partial charge on any atom is -0.394 e. The number of benzene rings is 3. The number of aliphatic hydroxyl groups is 1. The molecule has 3 aromatic rings. The van der Waals surface area contributed by atoms with Crippen molar-refractivity contribution < 1.29 is 19.1 Å². The van der Waals surface area contributed by atoms with E-state index >= 15 is 0 Å². The molecular formula is C26H24FN3O3. The number of aliphatic hydroxyl groups excluding tert-OH is 1. The number of rotatable bonds is 4. The van der Waals surface area contributed by atoms with Crippen LogP contribution in [0.1, 0.15) is 11.5 Å². The first kappa shape index (κ1) is 21.2. The molecule has 3 atom stereocenters. The zero-order chi connectivity index (χ0) is 22.9. The summed E-state index contributed by atoms with van der Waals surface area (Å²) >= 11 is 0. The second-order valence-electron chi connectivity index (χ2n) is 8.45. The zero-order valence-corrected chi connectivity index (χ0v) is 17.9. The molecule has 6 nitrogen and oxygen atoms in total. The summed E-state index contributed by atoms with van der Waals surface area (Å²) in [4.78, 5) is 28.8. The standard InChI is InChI=1S/C26H24FN3O3/c27-20-12-10-18(11-13-20)17-6-8-19(9-7-17)25-22-14-29(15-24(32)30(22)23(25)16-31)26(33)28-21-4-2-1-3-5-21/h1-13,22-23,25,31H,14-16H2,(H,28,33)/t22-,23+,25-/m0/s1. The number of carbonyl (C=O) groups excluding carboxylic acids is 2. The van der Waals surface area contributed by atoms with Gasteiger partial charge < -0.3 is 20.2 Å². The summed E-state index contributed by atoms with van der Waals surface area (Å²) in [6.07, 6.45) is 0. The molecule has 0 aromatic heterocycles. The van der Waals surface area contributed by atoms with Crippen molar-refractivity contribution >= 4 is 17.6 Å². The lowest BCUT2D eigenvalue weighted by Crippen LogP contribution is -2.73. The first-order valence-electron chi connectivity index (χ1n) is 10.9. The predicted octanol–water partition coefficient (Wildman–Crippen LogP) is 3.70. The minimum atomic E-state index is -0.313. The van der Waals surface area contributed by atoms with E-state index in [1.807, 2.05) is 42.5 Å². The van der Waals surface area contributed by atoms with Gasteiger partial charge in [-0.3, -0.25) is 4.79 Å². The van der Waals surface area contributed by atoms with E-state index in [2.05, 4.69) is 5.32 Å². The molecule has 3 amide bonds. The van der Waals surface area contributed by atoms with Crippen molar-refractivity contribution in [1.82, 2.24) is 9.80 Å². The Balaban J connectivity index is 1.34. The van der Waals surface area contributed by atoms with E-state index in [1.54, 1.807) is 29.2 Å². The van der Waals surface area contributed by atoms with Gasteiger partial charge in [0.05, 0.1) is 18.7 Å². The lowest BCUT2D eigenvalue weighted by Gasteiger charge is -2.58. The predicted molar refractivity (Wildman–Crippen MR) is 123 cm³/mol. The Hall–Kier alpha value is -3.71. The molecule has 0 aliphatic carbocycles. The van der Waals surface area contributed by atoms with Crippen molar-refractivity contribution in [2.45, 2.75) is 18.0 Å². The molecule has 7 heteroatoms. The summed E-state index contributed by atoms with van der Waals surface area (Å²) in [5, 5.41) is 12.8. The second kappa shape index (κ2) is 8.67. The molecule has 5 rings (SSSR count). The fourth-order valence-electron chi connectivity index (χ4n) is 4.92. The number of para-hydroxylation sites is 1. The highest BCUT2D eigenvalue weighted by atomic mass is 19.1. The molecule has 3 aromatic carbocycles. The van der Waals surface area contributed by atoms with Crippen LogP contribution in [0.3, 0.4) is 0 Å². The van der Waals surface area contributed by atoms with Crippen molar-refractivity contribution in [2.75, 3.05) is 25.0 Å². The molecule has 0 bridgehead atoms. The average Bonchev–Trinajstić information content (AvgIpc) is 2.82. The van der Waals surface area contributed by atoms with E-state index in [4.69, 9.17) is 0 Å². The molecule has 0 spiro atoms. The van der Waals surface area contributed by atoms with Gasteiger partial charge in [-0.05, 0) is 41.0 Å². The third-order valence-electron chi connectivity index (χ3n) is 6.54. The third kappa shape index (κ3) is 3.96. The van der Waals surface area contributed by atoms with Crippen molar-refractivity contribution in [2.24, 2.45) is 0 Å². The summed E-state index contributed by atoms with van der Waals surface area (Å²) in [5.74, 6) is -0.514. The van der Waals surface area contributed by atoms with E-state index in [1.165, 1.54) is 17.0 Å². The number of hydrogen-bond acceptors (Lipinski definition) is 3. The van der Waals surface area contributed by atoms with Gasteiger partial charge in [0.2, 0.25) is 5.91 Å². The van der Waals surface area contributed by atoms with Crippen LogP contribution in [0, 0.1) is 5.82 Å². The maximum Gasteiger partial charge on any atom is 0.322 e. The van der Waals surface area contributed by atoms with Crippen molar-refractivity contribution in [3.05, 3.63) is 90.2 Å². The number of halogens is 1. The number of fused-ring (bicyclic) bond motifs is 1. The van der Waals surface area contributed by atoms with Crippen LogP contribution in [0.25, 0.3) is 11.1 Å². The SMILES string of the molecule is O=C(Nc1ccccc1)N1CC(=O)N2[C@H](CO)[C@@H](c3ccc(-c4ccc(F)cc4)cc3)[C@@H]2C1. The summed E-state index contributed by atoms with van der Waals surface area (Å²) in [6, 6.07) is 22.5. The number of urea groups is 1. The fourth-order valence-corrected chi connectivity index (χ4v) is 4.92. The Morgan fingerprint density at radius 1 is 0.970 bits per heavy atom. The number of amides is 3. The molecule has 168 valence electrons. The first-order chi connectivity index (χ1) is 16.0. The summed E-state index contributed by atoms with van der Waals surface area (Å²) in [5.41, 5.74) is 3.54. The van der Waals surface area contributed by atoms with Gasteiger partial charge in [0.25, 0.3) is 0 Å². The lowest BCUT2D eigenvalue weighted by molar-refractivity contribution is -0.159. The average molecular weight is 445 g/mol. The largest absolute Gasteiger partial charge is 0.394 e. The molecule has 2 aliphatic heterocycles. The maximum atomic E-state index is 13.2. The van der Waals surface area contributed by atoms with Gasteiger partial charge in [-0.1, -0.05) is 54.6 Å². The Kier molecular flexibility index (Phi) is 5.56. The van der Waals surface area contributed by atoms with Crippen LogP contribution in [-0.2, 0) is 4.79 Å². The molecule has 0 radical (unpaired) electrons. The Labute approximate surface area is 191 Å². The topological polar surface area (TPSA) is 72.9 Å². The quantitative estimate of drug-likeness (QED) is 0.643. The number of nitrogens with zero attached hydrogens (tertiary/aromatic N) is 2. The van der Waals surface area contributed by atoms with Crippen molar-refractivity contribution in [3.8, 4) is 11.1 Å². The van der Waals surface area contributed by atoms with Gasteiger partial charge in [0, 0.05) is 18.2 Å². The van der Waals surface area contributed by atoms with E-state index in [0.29, 0.717) is 12.2 Å². The molecule has 2 aliphatic rings. The van der Waals surface area contributed by atoms with Crippen LogP contribution in [0.2, 0.25) is 0 Å². The monoisotopic (exact) mass is 445 g/mol. The van der Waals surface area contributed by atoms with Gasteiger partial charge in [-0.25, -0.2) is 9.18 Å². The lowest BCUT2D eigenvalue weighted by atomic mass is 9.73. The third-order valence-corrected chi connectivity index (χ3v) is 6.54. The fraction of sp³-hybridized carbons (Fsp3) is 0.231. The smallest absolute Gasteiger partial charge is 0.322 e. The molecule has 2 N–H and O–H groups in total. The summed E-state index contributed by atoms with van der Waals surface area (Å²) in [6.45, 7) is 0.246. The first-order valence-corrected chi connectivity index (χ1v) is 10.9. The van der Waals surface area contributed by atoms with Crippen LogP contribution >= 0.6 is 0 Å². The number of carbonyl (C=O) groups is 2. The summed E-state index contributed by atoms with van der Waals surface area (Å²) < 4.78 is 13.2. The zero-order valence-electron chi connectivity index (χ0n) is 17.9. The maximum absolute atomic E-state index is 13.2. The number of hydrogen-bond donors (Lipinski definition) is 2. The van der Waals surface area contributed by atoms with Crippen molar-refractivity contribution in [3.63, 3.8) is 0 Å². The Morgan fingerprint density at radius 2 is 1.61 bits per heavy atom. The van der Waals surface area contributed by atoms with E-state index < -0.39 is 0 Å². The van der Waals surface area contributed by atoms with E-state index in [0.717, 1.165) is 16.7 Å². The number of anilines is 1. The molecule has 2 heterocycles. The summed E-state index contributed by atoms with van der Waals surface area (Å²) in [7, 11) is 0. The molecule has 33 heavy (non-hydrogen) atoms. The van der Waals surface area contributed by atoms with Crippen molar-refractivity contribution in [1.29, 1.82) is 0 Å².